The third-order valence-corrected chi connectivity index (χ3v) is 4.04. The van der Waals surface area contributed by atoms with Crippen molar-refractivity contribution in [2.75, 3.05) is 24.0 Å². The summed E-state index contributed by atoms with van der Waals surface area (Å²) in [4.78, 5) is 35.0. The molecule has 0 fully saturated rings. The van der Waals surface area contributed by atoms with Crippen LogP contribution in [0.25, 0.3) is 0 Å². The van der Waals surface area contributed by atoms with E-state index >= 15 is 0 Å². The molecule has 0 aliphatic heterocycles. The van der Waals surface area contributed by atoms with Gasteiger partial charge < -0.3 is 16.6 Å². The van der Waals surface area contributed by atoms with Crippen molar-refractivity contribution in [1.82, 2.24) is 0 Å². The number of carboxylic acid groups (broad SMARTS) is 1. The van der Waals surface area contributed by atoms with E-state index in [1.54, 1.807) is 0 Å². The van der Waals surface area contributed by atoms with Crippen LogP contribution in [0.1, 0.15) is 12.8 Å². The Morgan fingerprint density at radius 1 is 1.05 bits per heavy atom. The Morgan fingerprint density at radius 3 is 1.95 bits per heavy atom. The van der Waals surface area contributed by atoms with Gasteiger partial charge in [0, 0.05) is 6.08 Å². The van der Waals surface area contributed by atoms with Crippen LogP contribution in [-0.2, 0) is 14.4 Å². The first-order valence-corrected chi connectivity index (χ1v) is 9.16. The molecule has 0 saturated heterocycles. The highest BCUT2D eigenvalue weighted by atomic mass is 32.2. The molecule has 0 spiro atoms. The topological polar surface area (TPSA) is 123 Å². The van der Waals surface area contributed by atoms with Crippen LogP contribution < -0.4 is 11.5 Å². The van der Waals surface area contributed by atoms with Crippen molar-refractivity contribution < 1.29 is 19.5 Å². The highest BCUT2D eigenvalue weighted by Crippen LogP contribution is 2.08. The second-order valence-corrected chi connectivity index (χ2v) is 6.38. The third kappa shape index (κ3) is 7.66. The van der Waals surface area contributed by atoms with Crippen LogP contribution in [0.15, 0.2) is 11.6 Å². The van der Waals surface area contributed by atoms with Crippen LogP contribution in [0, 0.1) is 0 Å². The van der Waals surface area contributed by atoms with Gasteiger partial charge in [0.05, 0.1) is 12.1 Å². The summed E-state index contributed by atoms with van der Waals surface area (Å²) in [6, 6.07) is -1.72. The van der Waals surface area contributed by atoms with Gasteiger partial charge >= 0.3 is 5.97 Å². The fraction of sp³-hybridized carbons (Fsp3) is 0.615. The van der Waals surface area contributed by atoms with Gasteiger partial charge in [-0.05, 0) is 36.9 Å². The van der Waals surface area contributed by atoms with E-state index in [2.05, 4.69) is 0 Å². The third-order valence-electron chi connectivity index (χ3n) is 2.75. The Balaban J connectivity index is 4.95. The first kappa shape index (κ1) is 20.2. The number of aliphatic carboxylic acids is 1. The summed E-state index contributed by atoms with van der Waals surface area (Å²) in [6.45, 7) is 0. The van der Waals surface area contributed by atoms with Crippen LogP contribution in [0.3, 0.4) is 0 Å². The molecular weight excluding hydrogens is 312 g/mol. The van der Waals surface area contributed by atoms with E-state index in [1.807, 2.05) is 12.5 Å². The Bertz CT molecular complexity index is 413. The largest absolute Gasteiger partial charge is 0.478 e. The SMILES string of the molecule is CSCC[C@H](N)C(=O)C=C(C(=O)O)C(=O)[C@@H](N)CCSC. The van der Waals surface area contributed by atoms with Crippen LogP contribution in [0.2, 0.25) is 0 Å². The lowest BCUT2D eigenvalue weighted by molar-refractivity contribution is -0.135. The van der Waals surface area contributed by atoms with Crippen LogP contribution in [0.5, 0.6) is 0 Å². The molecule has 0 amide bonds. The minimum Gasteiger partial charge on any atom is -0.478 e. The Hall–Kier alpha value is -0.830. The van der Waals surface area contributed by atoms with Gasteiger partial charge in [-0.2, -0.15) is 23.5 Å². The Kier molecular flexibility index (Phi) is 10.4. The molecule has 8 heteroatoms. The van der Waals surface area contributed by atoms with E-state index in [0.717, 1.165) is 6.08 Å². The quantitative estimate of drug-likeness (QED) is 0.280. The molecule has 6 nitrogen and oxygen atoms in total. The number of nitrogens with two attached hydrogens (primary N) is 2. The normalized spacial score (nSPS) is 14.6. The molecule has 0 aromatic rings. The van der Waals surface area contributed by atoms with E-state index in [9.17, 15) is 14.4 Å². The number of hydrogen-bond donors (Lipinski definition) is 3. The minimum atomic E-state index is -1.45. The average molecular weight is 334 g/mol. The minimum absolute atomic E-state index is 0.358. The number of carbonyl (C=O) groups excluding carboxylic acids is 2. The summed E-state index contributed by atoms with van der Waals surface area (Å²) in [5, 5.41) is 9.08. The predicted octanol–water partition coefficient (Wildman–Crippen LogP) is 0.296. The second kappa shape index (κ2) is 10.8. The molecule has 21 heavy (non-hydrogen) atoms. The Morgan fingerprint density at radius 2 is 1.52 bits per heavy atom. The highest BCUT2D eigenvalue weighted by molar-refractivity contribution is 7.98. The molecule has 0 aliphatic rings. The molecule has 5 N–H and O–H groups in total. The van der Waals surface area contributed by atoms with Crippen molar-refractivity contribution in [3.63, 3.8) is 0 Å². The summed E-state index contributed by atoms with van der Waals surface area (Å²) < 4.78 is 0. The number of thioether (sulfide) groups is 2. The molecular formula is C13H22N2O4S2. The molecule has 0 saturated carbocycles. The predicted molar refractivity (Wildman–Crippen MR) is 87.7 cm³/mol. The van der Waals surface area contributed by atoms with Gasteiger partial charge in [-0.25, -0.2) is 4.79 Å². The monoisotopic (exact) mass is 334 g/mol. The highest BCUT2D eigenvalue weighted by Gasteiger charge is 2.25. The van der Waals surface area contributed by atoms with Crippen molar-refractivity contribution in [3.8, 4) is 0 Å². The van der Waals surface area contributed by atoms with Gasteiger partial charge in [0.25, 0.3) is 0 Å². The summed E-state index contributed by atoms with van der Waals surface area (Å²) in [5.74, 6) is -1.43. The lowest BCUT2D eigenvalue weighted by Gasteiger charge is -2.11. The second-order valence-electron chi connectivity index (χ2n) is 4.41. The summed E-state index contributed by atoms with van der Waals surface area (Å²) in [7, 11) is 0. The smallest absolute Gasteiger partial charge is 0.339 e. The fourth-order valence-corrected chi connectivity index (χ4v) is 2.43. The van der Waals surface area contributed by atoms with E-state index in [-0.39, 0.29) is 0 Å². The zero-order chi connectivity index (χ0) is 16.4. The van der Waals surface area contributed by atoms with Crippen molar-refractivity contribution >= 4 is 41.1 Å². The Labute approximate surface area is 133 Å². The first-order chi connectivity index (χ1) is 9.84. The maximum absolute atomic E-state index is 12.0. The number of carboxylic acids is 1. The summed E-state index contributed by atoms with van der Waals surface area (Å²) >= 11 is 3.04. The zero-order valence-electron chi connectivity index (χ0n) is 12.2. The van der Waals surface area contributed by atoms with Gasteiger partial charge in [-0.3, -0.25) is 9.59 Å². The van der Waals surface area contributed by atoms with Crippen LogP contribution in [-0.4, -0.2) is 58.7 Å². The van der Waals surface area contributed by atoms with Gasteiger partial charge in [-0.15, -0.1) is 0 Å². The van der Waals surface area contributed by atoms with E-state index in [4.69, 9.17) is 16.6 Å². The molecule has 0 unspecified atom stereocenters. The van der Waals surface area contributed by atoms with Gasteiger partial charge in [0.15, 0.2) is 11.6 Å². The first-order valence-electron chi connectivity index (χ1n) is 6.37. The lowest BCUT2D eigenvalue weighted by atomic mass is 10.00. The molecule has 0 aliphatic carbocycles. The maximum atomic E-state index is 12.0. The summed E-state index contributed by atoms with van der Waals surface area (Å²) in [5.41, 5.74) is 10.7. The molecule has 2 atom stereocenters. The maximum Gasteiger partial charge on any atom is 0.339 e. The molecule has 0 aromatic carbocycles. The number of carbonyl (C=O) groups is 3. The average Bonchev–Trinajstić information content (AvgIpc) is 2.46. The molecule has 120 valence electrons. The number of ketones is 2. The summed E-state index contributed by atoms with van der Waals surface area (Å²) in [6.07, 6.45) is 5.34. The molecule has 0 bridgehead atoms. The van der Waals surface area contributed by atoms with E-state index < -0.39 is 35.2 Å². The molecule has 0 radical (unpaired) electrons. The molecule has 0 aromatic heterocycles. The van der Waals surface area contributed by atoms with Gasteiger partial charge in [-0.1, -0.05) is 0 Å². The number of rotatable bonds is 11. The van der Waals surface area contributed by atoms with Gasteiger partial charge in [0.2, 0.25) is 0 Å². The lowest BCUT2D eigenvalue weighted by Crippen LogP contribution is -2.36. The van der Waals surface area contributed by atoms with E-state index in [1.165, 1.54) is 23.5 Å². The van der Waals surface area contributed by atoms with Crippen molar-refractivity contribution in [2.24, 2.45) is 11.5 Å². The molecule has 0 heterocycles. The van der Waals surface area contributed by atoms with Crippen LogP contribution in [0.4, 0.5) is 0 Å². The number of Topliss-reactive ketones (excluding diaryl/α,β-unsaturated/α-hetero) is 1. The van der Waals surface area contributed by atoms with Crippen molar-refractivity contribution in [2.45, 2.75) is 24.9 Å². The van der Waals surface area contributed by atoms with Crippen molar-refractivity contribution in [1.29, 1.82) is 0 Å². The standard InChI is InChI=1S/C13H22N2O4S2/c1-20-5-3-9(14)11(16)7-8(13(18)19)12(17)10(15)4-6-21-2/h7,9-10H,3-6,14-15H2,1-2H3,(H,18,19)/t9-,10-/m0/s1. The van der Waals surface area contributed by atoms with Crippen molar-refractivity contribution in [3.05, 3.63) is 11.6 Å². The molecule has 0 rings (SSSR count). The van der Waals surface area contributed by atoms with Crippen LogP contribution >= 0.6 is 23.5 Å². The van der Waals surface area contributed by atoms with Gasteiger partial charge in [0.1, 0.15) is 5.57 Å². The fourth-order valence-electron chi connectivity index (χ4n) is 1.45. The zero-order valence-corrected chi connectivity index (χ0v) is 13.8. The number of hydrogen-bond acceptors (Lipinski definition) is 7. The van der Waals surface area contributed by atoms with E-state index in [0.29, 0.717) is 24.3 Å².